The van der Waals surface area contributed by atoms with Crippen molar-refractivity contribution in [2.24, 2.45) is 0 Å². The number of rotatable bonds is 3. The summed E-state index contributed by atoms with van der Waals surface area (Å²) in [5.74, 6) is -0.00199. The standard InChI is InChI=1S/C20H21N3O4S/c1-12-18(24)22-15-11-13(4-5-17(15)28-12)19(25)21-14-6-8-23(9-7-14)20(26)16-3-2-10-27-16/h2-5,10-12,14H,6-9H2,1H3,(H,21,25)(H,22,24)/t12-/m0/s1. The van der Waals surface area contributed by atoms with E-state index in [1.807, 2.05) is 13.0 Å². The van der Waals surface area contributed by atoms with Crippen LogP contribution in [0.5, 0.6) is 0 Å². The van der Waals surface area contributed by atoms with E-state index in [4.69, 9.17) is 4.42 Å². The van der Waals surface area contributed by atoms with Crippen LogP contribution in [0.25, 0.3) is 0 Å². The summed E-state index contributed by atoms with van der Waals surface area (Å²) >= 11 is 1.49. The van der Waals surface area contributed by atoms with Crippen molar-refractivity contribution in [2.45, 2.75) is 36.0 Å². The second-order valence-corrected chi connectivity index (χ2v) is 8.36. The summed E-state index contributed by atoms with van der Waals surface area (Å²) in [6, 6.07) is 8.73. The van der Waals surface area contributed by atoms with Gasteiger partial charge in [-0.3, -0.25) is 14.4 Å². The summed E-state index contributed by atoms with van der Waals surface area (Å²) < 4.78 is 5.16. The summed E-state index contributed by atoms with van der Waals surface area (Å²) in [6.45, 7) is 2.99. The Bertz CT molecular complexity index is 904. The van der Waals surface area contributed by atoms with Crippen LogP contribution in [0, 0.1) is 0 Å². The third-order valence-corrected chi connectivity index (χ3v) is 6.20. The lowest BCUT2D eigenvalue weighted by Crippen LogP contribution is -2.46. The Kier molecular flexibility index (Phi) is 5.13. The van der Waals surface area contributed by atoms with Crippen molar-refractivity contribution in [3.63, 3.8) is 0 Å². The van der Waals surface area contributed by atoms with E-state index in [0.717, 1.165) is 4.90 Å². The minimum Gasteiger partial charge on any atom is -0.459 e. The zero-order valence-corrected chi connectivity index (χ0v) is 16.3. The maximum absolute atomic E-state index is 12.6. The number of thioether (sulfide) groups is 1. The van der Waals surface area contributed by atoms with Gasteiger partial charge in [-0.15, -0.1) is 11.8 Å². The molecule has 1 aromatic heterocycles. The Morgan fingerprint density at radius 2 is 2.04 bits per heavy atom. The van der Waals surface area contributed by atoms with Crippen LogP contribution in [0.4, 0.5) is 5.69 Å². The predicted octanol–water partition coefficient (Wildman–Crippen LogP) is 2.75. The van der Waals surface area contributed by atoms with Gasteiger partial charge in [-0.2, -0.15) is 0 Å². The normalized spacial score (nSPS) is 19.7. The number of furan rings is 1. The van der Waals surface area contributed by atoms with Crippen molar-refractivity contribution in [3.05, 3.63) is 47.9 Å². The lowest BCUT2D eigenvalue weighted by atomic mass is 10.0. The van der Waals surface area contributed by atoms with Gasteiger partial charge in [0.25, 0.3) is 11.8 Å². The van der Waals surface area contributed by atoms with E-state index in [-0.39, 0.29) is 29.0 Å². The van der Waals surface area contributed by atoms with Gasteiger partial charge in [-0.1, -0.05) is 0 Å². The first-order valence-corrected chi connectivity index (χ1v) is 10.1. The van der Waals surface area contributed by atoms with Gasteiger partial charge in [-0.25, -0.2) is 0 Å². The molecule has 2 aliphatic rings. The number of nitrogens with zero attached hydrogens (tertiary/aromatic N) is 1. The lowest BCUT2D eigenvalue weighted by molar-refractivity contribution is -0.115. The van der Waals surface area contributed by atoms with Crippen LogP contribution in [0.3, 0.4) is 0 Å². The quantitative estimate of drug-likeness (QED) is 0.828. The van der Waals surface area contributed by atoms with E-state index in [0.29, 0.717) is 42.9 Å². The van der Waals surface area contributed by atoms with Crippen LogP contribution in [0.15, 0.2) is 45.9 Å². The van der Waals surface area contributed by atoms with Crippen molar-refractivity contribution in [1.82, 2.24) is 10.2 Å². The number of hydrogen-bond donors (Lipinski definition) is 2. The van der Waals surface area contributed by atoms with Crippen molar-refractivity contribution >= 4 is 35.2 Å². The van der Waals surface area contributed by atoms with Gasteiger partial charge in [0.1, 0.15) is 0 Å². The molecule has 2 aromatic rings. The molecule has 8 heteroatoms. The van der Waals surface area contributed by atoms with E-state index >= 15 is 0 Å². The molecule has 0 saturated carbocycles. The van der Waals surface area contributed by atoms with Crippen LogP contribution >= 0.6 is 11.8 Å². The number of hydrogen-bond acceptors (Lipinski definition) is 5. The number of benzene rings is 1. The van der Waals surface area contributed by atoms with Crippen LogP contribution in [-0.2, 0) is 4.79 Å². The molecule has 2 aliphatic heterocycles. The highest BCUT2D eigenvalue weighted by Gasteiger charge is 2.27. The third kappa shape index (κ3) is 3.77. The molecule has 1 atom stereocenters. The third-order valence-electron chi connectivity index (χ3n) is 5.02. The second kappa shape index (κ2) is 7.71. The fourth-order valence-corrected chi connectivity index (χ4v) is 4.33. The number of likely N-dealkylation sites (tertiary alicyclic amines) is 1. The van der Waals surface area contributed by atoms with Crippen LogP contribution in [0.1, 0.15) is 40.7 Å². The maximum atomic E-state index is 12.6. The molecular formula is C20H21N3O4S. The first-order chi connectivity index (χ1) is 13.5. The van der Waals surface area contributed by atoms with E-state index < -0.39 is 0 Å². The zero-order chi connectivity index (χ0) is 19.7. The minimum atomic E-state index is -0.170. The zero-order valence-electron chi connectivity index (χ0n) is 15.4. The molecule has 0 radical (unpaired) electrons. The summed E-state index contributed by atoms with van der Waals surface area (Å²) in [7, 11) is 0. The molecule has 28 heavy (non-hydrogen) atoms. The molecule has 4 rings (SSSR count). The molecule has 7 nitrogen and oxygen atoms in total. The Balaban J connectivity index is 1.34. The average Bonchev–Trinajstić information content (AvgIpc) is 3.23. The second-order valence-electron chi connectivity index (χ2n) is 6.98. The fourth-order valence-electron chi connectivity index (χ4n) is 3.40. The Morgan fingerprint density at radius 3 is 2.75 bits per heavy atom. The molecule has 2 N–H and O–H groups in total. The molecule has 0 spiro atoms. The van der Waals surface area contributed by atoms with Gasteiger partial charge in [0.2, 0.25) is 5.91 Å². The first-order valence-electron chi connectivity index (χ1n) is 9.26. The van der Waals surface area contributed by atoms with E-state index in [9.17, 15) is 14.4 Å². The topological polar surface area (TPSA) is 91.7 Å². The van der Waals surface area contributed by atoms with Crippen molar-refractivity contribution in [2.75, 3.05) is 18.4 Å². The number of amides is 3. The summed E-state index contributed by atoms with van der Waals surface area (Å²) in [5.41, 5.74) is 1.20. The molecule has 146 valence electrons. The van der Waals surface area contributed by atoms with Gasteiger partial charge in [0.15, 0.2) is 5.76 Å². The van der Waals surface area contributed by atoms with Crippen molar-refractivity contribution in [1.29, 1.82) is 0 Å². The smallest absolute Gasteiger partial charge is 0.289 e. The molecule has 3 heterocycles. The summed E-state index contributed by atoms with van der Waals surface area (Å²) in [4.78, 5) is 39.5. The molecule has 1 saturated heterocycles. The Morgan fingerprint density at radius 1 is 1.25 bits per heavy atom. The van der Waals surface area contributed by atoms with E-state index in [1.165, 1.54) is 18.0 Å². The van der Waals surface area contributed by atoms with E-state index in [1.54, 1.807) is 29.2 Å². The van der Waals surface area contributed by atoms with Gasteiger partial charge in [0.05, 0.1) is 17.2 Å². The molecular weight excluding hydrogens is 378 g/mol. The SMILES string of the molecule is C[C@@H]1Sc2ccc(C(=O)NC3CCN(C(=O)c4ccco4)CC3)cc2NC1=O. The number of fused-ring (bicyclic) bond motifs is 1. The fraction of sp³-hybridized carbons (Fsp3) is 0.350. The van der Waals surface area contributed by atoms with Crippen LogP contribution in [-0.4, -0.2) is 47.0 Å². The number of piperidine rings is 1. The maximum Gasteiger partial charge on any atom is 0.289 e. The average molecular weight is 399 g/mol. The monoisotopic (exact) mass is 399 g/mol. The molecule has 0 unspecified atom stereocenters. The first kappa shape index (κ1) is 18.6. The largest absolute Gasteiger partial charge is 0.459 e. The van der Waals surface area contributed by atoms with E-state index in [2.05, 4.69) is 10.6 Å². The molecule has 1 aromatic carbocycles. The highest BCUT2D eigenvalue weighted by Crippen LogP contribution is 2.35. The molecule has 1 fully saturated rings. The van der Waals surface area contributed by atoms with Gasteiger partial charge in [0, 0.05) is 29.6 Å². The van der Waals surface area contributed by atoms with Crippen molar-refractivity contribution in [3.8, 4) is 0 Å². The minimum absolute atomic E-state index is 0.00757. The van der Waals surface area contributed by atoms with Crippen LogP contribution < -0.4 is 10.6 Å². The number of anilines is 1. The van der Waals surface area contributed by atoms with Crippen molar-refractivity contribution < 1.29 is 18.8 Å². The summed E-state index contributed by atoms with van der Waals surface area (Å²) in [6.07, 6.45) is 2.86. The van der Waals surface area contributed by atoms with Crippen LogP contribution in [0.2, 0.25) is 0 Å². The molecule has 0 bridgehead atoms. The van der Waals surface area contributed by atoms with Gasteiger partial charge < -0.3 is 20.0 Å². The van der Waals surface area contributed by atoms with Gasteiger partial charge >= 0.3 is 0 Å². The predicted molar refractivity (Wildman–Crippen MR) is 105 cm³/mol. The molecule has 3 amide bonds. The number of carbonyl (C=O) groups is 3. The highest BCUT2D eigenvalue weighted by molar-refractivity contribution is 8.00. The lowest BCUT2D eigenvalue weighted by Gasteiger charge is -2.32. The summed E-state index contributed by atoms with van der Waals surface area (Å²) in [5, 5.41) is 5.75. The number of nitrogens with one attached hydrogen (secondary N) is 2. The molecule has 0 aliphatic carbocycles. The van der Waals surface area contributed by atoms with Gasteiger partial charge in [-0.05, 0) is 50.1 Å². The highest BCUT2D eigenvalue weighted by atomic mass is 32.2. The Labute approximate surface area is 166 Å². The Hall–Kier alpha value is -2.74. The number of carbonyl (C=O) groups excluding carboxylic acids is 3.